The van der Waals surface area contributed by atoms with Crippen LogP contribution in [-0.2, 0) is 0 Å². The minimum atomic E-state index is -0.376. The number of benzene rings is 1. The van der Waals surface area contributed by atoms with Gasteiger partial charge in [0.05, 0.1) is 16.2 Å². The first-order chi connectivity index (χ1) is 14.6. The zero-order valence-corrected chi connectivity index (χ0v) is 16.8. The summed E-state index contributed by atoms with van der Waals surface area (Å²) in [5, 5.41) is 18.0. The molecule has 0 radical (unpaired) electrons. The van der Waals surface area contributed by atoms with Gasteiger partial charge < -0.3 is 10.6 Å². The first-order valence-corrected chi connectivity index (χ1v) is 10.2. The van der Waals surface area contributed by atoms with Crippen molar-refractivity contribution in [3.8, 4) is 11.3 Å². The van der Waals surface area contributed by atoms with Crippen LogP contribution in [-0.4, -0.2) is 25.9 Å². The number of hydrogen-bond donors (Lipinski definition) is 2. The molecule has 0 unspecified atom stereocenters. The standard InChI is InChI=1S/C22H24N6O2/c1-15-18(8-5-9-20(15)28(29)30)25-21-14-19(16-10-12-23-13-11-16)26-22(27-21)24-17-6-3-2-4-7-17/h5,8-14,17H,2-4,6-7H2,1H3,(H2,24,25,26,27). The molecule has 1 aromatic carbocycles. The molecule has 30 heavy (non-hydrogen) atoms. The number of nitrogens with one attached hydrogen (secondary N) is 2. The van der Waals surface area contributed by atoms with E-state index in [1.807, 2.05) is 24.3 Å². The van der Waals surface area contributed by atoms with Crippen molar-refractivity contribution in [2.45, 2.75) is 45.1 Å². The van der Waals surface area contributed by atoms with E-state index >= 15 is 0 Å². The Morgan fingerprint density at radius 3 is 2.57 bits per heavy atom. The van der Waals surface area contributed by atoms with Crippen molar-refractivity contribution in [1.82, 2.24) is 15.0 Å². The third-order valence-corrected chi connectivity index (χ3v) is 5.41. The lowest BCUT2D eigenvalue weighted by Crippen LogP contribution is -2.23. The molecule has 1 aliphatic carbocycles. The van der Waals surface area contributed by atoms with Crippen LogP contribution in [0.15, 0.2) is 48.8 Å². The third-order valence-electron chi connectivity index (χ3n) is 5.41. The molecule has 0 saturated heterocycles. The predicted molar refractivity (Wildman–Crippen MR) is 117 cm³/mol. The molecule has 0 atom stereocenters. The van der Waals surface area contributed by atoms with Crippen molar-refractivity contribution in [2.75, 3.05) is 10.6 Å². The Labute approximate surface area is 175 Å². The van der Waals surface area contributed by atoms with E-state index in [2.05, 4.69) is 20.6 Å². The fraction of sp³-hybridized carbons (Fsp3) is 0.318. The molecule has 1 aliphatic rings. The van der Waals surface area contributed by atoms with Crippen molar-refractivity contribution >= 4 is 23.1 Å². The van der Waals surface area contributed by atoms with Crippen LogP contribution in [0.3, 0.4) is 0 Å². The molecule has 0 aliphatic heterocycles. The fourth-order valence-corrected chi connectivity index (χ4v) is 3.77. The van der Waals surface area contributed by atoms with Gasteiger partial charge in [0, 0.05) is 41.8 Å². The Morgan fingerprint density at radius 1 is 1.07 bits per heavy atom. The van der Waals surface area contributed by atoms with Crippen molar-refractivity contribution in [3.63, 3.8) is 0 Å². The van der Waals surface area contributed by atoms with Crippen molar-refractivity contribution in [1.29, 1.82) is 0 Å². The van der Waals surface area contributed by atoms with Crippen molar-refractivity contribution < 1.29 is 4.92 Å². The normalized spacial score (nSPS) is 14.3. The molecule has 0 spiro atoms. The van der Waals surface area contributed by atoms with Crippen LogP contribution in [0.2, 0.25) is 0 Å². The number of rotatable bonds is 6. The quantitative estimate of drug-likeness (QED) is 0.427. The van der Waals surface area contributed by atoms with Crippen LogP contribution in [0.1, 0.15) is 37.7 Å². The van der Waals surface area contributed by atoms with E-state index in [0.29, 0.717) is 29.1 Å². The van der Waals surface area contributed by atoms with E-state index in [0.717, 1.165) is 24.1 Å². The van der Waals surface area contributed by atoms with Gasteiger partial charge in [-0.3, -0.25) is 15.1 Å². The molecule has 8 nitrogen and oxygen atoms in total. The molecular weight excluding hydrogens is 380 g/mol. The SMILES string of the molecule is Cc1c(Nc2cc(-c3ccncc3)nc(NC3CCCCC3)n2)cccc1[N+](=O)[O-]. The second kappa shape index (κ2) is 8.86. The van der Waals surface area contributed by atoms with Gasteiger partial charge in [-0.1, -0.05) is 25.3 Å². The monoisotopic (exact) mass is 404 g/mol. The van der Waals surface area contributed by atoms with Crippen LogP contribution in [0.4, 0.5) is 23.1 Å². The highest BCUT2D eigenvalue weighted by Crippen LogP contribution is 2.29. The highest BCUT2D eigenvalue weighted by molar-refractivity contribution is 5.70. The Hall–Kier alpha value is -3.55. The first kappa shape index (κ1) is 19.8. The fourth-order valence-electron chi connectivity index (χ4n) is 3.77. The van der Waals surface area contributed by atoms with Gasteiger partial charge in [0.15, 0.2) is 0 Å². The molecule has 2 aromatic heterocycles. The average Bonchev–Trinajstić information content (AvgIpc) is 2.76. The predicted octanol–water partition coefficient (Wildman–Crippen LogP) is 5.24. The summed E-state index contributed by atoms with van der Waals surface area (Å²) in [7, 11) is 0. The first-order valence-electron chi connectivity index (χ1n) is 10.2. The van der Waals surface area contributed by atoms with E-state index in [1.54, 1.807) is 25.4 Å². The summed E-state index contributed by atoms with van der Waals surface area (Å²) in [6.07, 6.45) is 9.35. The summed E-state index contributed by atoms with van der Waals surface area (Å²) in [5.74, 6) is 1.14. The van der Waals surface area contributed by atoms with E-state index < -0.39 is 0 Å². The number of hydrogen-bond acceptors (Lipinski definition) is 7. The zero-order chi connectivity index (χ0) is 20.9. The Morgan fingerprint density at radius 2 is 1.83 bits per heavy atom. The second-order valence-electron chi connectivity index (χ2n) is 7.51. The van der Waals surface area contributed by atoms with Crippen molar-refractivity contribution in [3.05, 3.63) is 64.5 Å². The van der Waals surface area contributed by atoms with Gasteiger partial charge in [0.25, 0.3) is 5.69 Å². The number of nitro groups is 1. The summed E-state index contributed by atoms with van der Waals surface area (Å²) < 4.78 is 0. The molecule has 1 fully saturated rings. The lowest BCUT2D eigenvalue weighted by molar-refractivity contribution is -0.385. The summed E-state index contributed by atoms with van der Waals surface area (Å²) in [5.41, 5.74) is 2.97. The zero-order valence-electron chi connectivity index (χ0n) is 16.8. The van der Waals surface area contributed by atoms with Gasteiger partial charge in [0.2, 0.25) is 5.95 Å². The molecule has 0 bridgehead atoms. The second-order valence-corrected chi connectivity index (χ2v) is 7.51. The lowest BCUT2D eigenvalue weighted by atomic mass is 9.96. The van der Waals surface area contributed by atoms with Gasteiger partial charge in [-0.25, -0.2) is 4.98 Å². The van der Waals surface area contributed by atoms with Gasteiger partial charge >= 0.3 is 0 Å². The maximum absolute atomic E-state index is 11.3. The average molecular weight is 404 g/mol. The highest BCUT2D eigenvalue weighted by atomic mass is 16.6. The summed E-state index contributed by atoms with van der Waals surface area (Å²) >= 11 is 0. The third kappa shape index (κ3) is 4.53. The largest absolute Gasteiger partial charge is 0.351 e. The number of anilines is 3. The molecule has 2 N–H and O–H groups in total. The topological polar surface area (TPSA) is 106 Å². The minimum Gasteiger partial charge on any atom is -0.351 e. The smallest absolute Gasteiger partial charge is 0.274 e. The van der Waals surface area contributed by atoms with Crippen LogP contribution < -0.4 is 10.6 Å². The van der Waals surface area contributed by atoms with E-state index in [4.69, 9.17) is 4.98 Å². The molecular formula is C22H24N6O2. The number of pyridine rings is 1. The van der Waals surface area contributed by atoms with Crippen LogP contribution >= 0.6 is 0 Å². The Bertz CT molecular complexity index is 1040. The van der Waals surface area contributed by atoms with E-state index in [1.165, 1.54) is 25.3 Å². The van der Waals surface area contributed by atoms with Crippen molar-refractivity contribution in [2.24, 2.45) is 0 Å². The molecule has 4 rings (SSSR count). The molecule has 2 heterocycles. The maximum Gasteiger partial charge on any atom is 0.274 e. The minimum absolute atomic E-state index is 0.0731. The van der Waals surface area contributed by atoms with E-state index in [-0.39, 0.29) is 10.6 Å². The summed E-state index contributed by atoms with van der Waals surface area (Å²) in [4.78, 5) is 24.3. The molecule has 8 heteroatoms. The number of nitro benzene ring substituents is 1. The Balaban J connectivity index is 1.69. The van der Waals surface area contributed by atoms with E-state index in [9.17, 15) is 10.1 Å². The van der Waals surface area contributed by atoms with Gasteiger partial charge in [-0.15, -0.1) is 0 Å². The molecule has 0 amide bonds. The molecule has 154 valence electrons. The Kier molecular flexibility index (Phi) is 5.83. The van der Waals surface area contributed by atoms with Gasteiger partial charge in [0.1, 0.15) is 5.82 Å². The number of nitrogens with zero attached hydrogens (tertiary/aromatic N) is 4. The van der Waals surface area contributed by atoms with Crippen LogP contribution in [0, 0.1) is 17.0 Å². The van der Waals surface area contributed by atoms with Gasteiger partial charge in [-0.05, 0) is 38.0 Å². The lowest BCUT2D eigenvalue weighted by Gasteiger charge is -2.23. The summed E-state index contributed by atoms with van der Waals surface area (Å²) in [6, 6.07) is 11.0. The molecule has 3 aromatic rings. The molecule has 1 saturated carbocycles. The highest BCUT2D eigenvalue weighted by Gasteiger charge is 2.17. The van der Waals surface area contributed by atoms with Gasteiger partial charge in [-0.2, -0.15) is 4.98 Å². The number of aromatic nitrogens is 3. The maximum atomic E-state index is 11.3. The summed E-state index contributed by atoms with van der Waals surface area (Å²) in [6.45, 7) is 1.73. The van der Waals surface area contributed by atoms with Crippen LogP contribution in [0.25, 0.3) is 11.3 Å². The van der Waals surface area contributed by atoms with Crippen LogP contribution in [0.5, 0.6) is 0 Å².